The van der Waals surface area contributed by atoms with Crippen LogP contribution >= 0.6 is 0 Å². The zero-order valence-electron chi connectivity index (χ0n) is 21.6. The number of hydrogen-bond donors (Lipinski definition) is 3. The summed E-state index contributed by atoms with van der Waals surface area (Å²) in [6.45, 7) is 9.82. The maximum absolute atomic E-state index is 13.4. The number of aromatic amines is 1. The summed E-state index contributed by atoms with van der Waals surface area (Å²) in [5.74, 6) is -0.468. The summed E-state index contributed by atoms with van der Waals surface area (Å²) in [6, 6.07) is 5.36. The molecule has 2 aliphatic rings. The molecule has 7 heteroatoms. The molecule has 2 heterocycles. The second-order valence-electron chi connectivity index (χ2n) is 11.0. The van der Waals surface area contributed by atoms with Crippen molar-refractivity contribution in [3.05, 3.63) is 51.8 Å². The molecular weight excluding hydrogens is 440 g/mol. The Labute approximate surface area is 208 Å². The van der Waals surface area contributed by atoms with Crippen LogP contribution in [0.15, 0.2) is 18.2 Å². The Kier molecular flexibility index (Phi) is 7.17. The van der Waals surface area contributed by atoms with Crippen molar-refractivity contribution in [1.29, 1.82) is 0 Å². The lowest BCUT2D eigenvalue weighted by Crippen LogP contribution is -2.44. The van der Waals surface area contributed by atoms with Gasteiger partial charge in [0.05, 0.1) is 0 Å². The second kappa shape index (κ2) is 9.97. The van der Waals surface area contributed by atoms with Gasteiger partial charge in [-0.3, -0.25) is 14.4 Å². The molecule has 188 valence electrons. The molecule has 1 aliphatic heterocycles. The van der Waals surface area contributed by atoms with Gasteiger partial charge in [0.1, 0.15) is 11.7 Å². The maximum atomic E-state index is 13.4. The number of Topliss-reactive ketones (excluding diaryl/α,β-unsaturated/α-hetero) is 1. The molecule has 35 heavy (non-hydrogen) atoms. The average molecular weight is 479 g/mol. The van der Waals surface area contributed by atoms with E-state index in [0.29, 0.717) is 29.7 Å². The Morgan fingerprint density at radius 2 is 2.00 bits per heavy atom. The van der Waals surface area contributed by atoms with E-state index in [-0.39, 0.29) is 23.0 Å². The monoisotopic (exact) mass is 478 g/mol. The van der Waals surface area contributed by atoms with E-state index < -0.39 is 6.04 Å². The number of likely N-dealkylation sites (N-methyl/N-ethyl adjacent to an activating group) is 1. The molecule has 1 unspecified atom stereocenters. The minimum atomic E-state index is -0.656. The Bertz CT molecular complexity index is 1150. The van der Waals surface area contributed by atoms with E-state index >= 15 is 0 Å². The molecule has 0 spiro atoms. The topological polar surface area (TPSA) is 94.3 Å². The molecule has 1 aliphatic carbocycles. The van der Waals surface area contributed by atoms with E-state index in [2.05, 4.69) is 54.4 Å². The summed E-state index contributed by atoms with van der Waals surface area (Å²) >= 11 is 0. The number of H-pyrrole nitrogens is 1. The second-order valence-corrected chi connectivity index (χ2v) is 11.0. The standard InChI is InChI=1S/C28H38N4O3/c1-6-7-10-21(26(34)30-20-11-8-9-18-16-32(5)13-12-19(18)20)31-27(35)25-17(2)24-22(29-25)14-28(3,4)15-23(24)33/h8-9,11,21,29H,6-7,10,12-16H2,1-5H3,(H,30,34)(H,31,35). The lowest BCUT2D eigenvalue weighted by Gasteiger charge is -2.28. The molecule has 1 atom stereocenters. The van der Waals surface area contributed by atoms with Gasteiger partial charge >= 0.3 is 0 Å². The van der Waals surface area contributed by atoms with E-state index in [1.54, 1.807) is 0 Å². The van der Waals surface area contributed by atoms with Gasteiger partial charge in [-0.2, -0.15) is 0 Å². The first-order valence-corrected chi connectivity index (χ1v) is 12.8. The molecule has 3 N–H and O–H groups in total. The van der Waals surface area contributed by atoms with Crippen LogP contribution in [0, 0.1) is 12.3 Å². The highest BCUT2D eigenvalue weighted by Gasteiger charge is 2.35. The third kappa shape index (κ3) is 5.35. The number of carbonyl (C=O) groups is 3. The van der Waals surface area contributed by atoms with Crippen molar-refractivity contribution in [1.82, 2.24) is 15.2 Å². The Balaban J connectivity index is 1.53. The third-order valence-corrected chi connectivity index (χ3v) is 7.31. The van der Waals surface area contributed by atoms with Gasteiger partial charge in [-0.05, 0) is 61.4 Å². The SMILES string of the molecule is CCCCC(NC(=O)c1[nH]c2c(c1C)C(=O)CC(C)(C)C2)C(=O)Nc1cccc2c1CCN(C)C2. The van der Waals surface area contributed by atoms with Gasteiger partial charge in [0.2, 0.25) is 5.91 Å². The number of rotatable bonds is 7. The lowest BCUT2D eigenvalue weighted by atomic mass is 9.75. The molecule has 7 nitrogen and oxygen atoms in total. The molecule has 0 bridgehead atoms. The van der Waals surface area contributed by atoms with Crippen molar-refractivity contribution in [3.8, 4) is 0 Å². The summed E-state index contributed by atoms with van der Waals surface area (Å²) in [7, 11) is 2.10. The zero-order valence-corrected chi connectivity index (χ0v) is 21.6. The first kappa shape index (κ1) is 25.2. The lowest BCUT2D eigenvalue weighted by molar-refractivity contribution is -0.118. The maximum Gasteiger partial charge on any atom is 0.268 e. The Morgan fingerprint density at radius 3 is 2.74 bits per heavy atom. The fourth-order valence-corrected chi connectivity index (χ4v) is 5.45. The summed E-state index contributed by atoms with van der Waals surface area (Å²) in [4.78, 5) is 44.9. The van der Waals surface area contributed by atoms with Gasteiger partial charge in [-0.25, -0.2) is 0 Å². The van der Waals surface area contributed by atoms with Gasteiger partial charge < -0.3 is 20.5 Å². The number of unbranched alkanes of at least 4 members (excludes halogenated alkanes) is 1. The van der Waals surface area contributed by atoms with Crippen LogP contribution in [-0.2, 0) is 24.2 Å². The predicted octanol–water partition coefficient (Wildman–Crippen LogP) is 4.39. The van der Waals surface area contributed by atoms with E-state index in [0.717, 1.165) is 50.2 Å². The molecule has 0 radical (unpaired) electrons. The number of amides is 2. The summed E-state index contributed by atoms with van der Waals surface area (Å²) in [5, 5.41) is 6.05. The average Bonchev–Trinajstić information content (AvgIpc) is 3.11. The fraction of sp³-hybridized carbons (Fsp3) is 0.536. The highest BCUT2D eigenvalue weighted by atomic mass is 16.2. The van der Waals surface area contributed by atoms with Gasteiger partial charge in [-0.15, -0.1) is 0 Å². The van der Waals surface area contributed by atoms with E-state index in [9.17, 15) is 14.4 Å². The molecule has 1 aromatic heterocycles. The number of fused-ring (bicyclic) bond motifs is 2. The first-order chi connectivity index (χ1) is 16.6. The summed E-state index contributed by atoms with van der Waals surface area (Å²) < 4.78 is 0. The van der Waals surface area contributed by atoms with Crippen molar-refractivity contribution < 1.29 is 14.4 Å². The van der Waals surface area contributed by atoms with E-state index in [4.69, 9.17) is 0 Å². The van der Waals surface area contributed by atoms with Crippen LogP contribution < -0.4 is 10.6 Å². The van der Waals surface area contributed by atoms with Crippen LogP contribution in [0.4, 0.5) is 5.69 Å². The van der Waals surface area contributed by atoms with Crippen molar-refractivity contribution in [2.24, 2.45) is 5.41 Å². The Hall–Kier alpha value is -2.93. The molecule has 2 amide bonds. The number of hydrogen-bond acceptors (Lipinski definition) is 4. The number of benzene rings is 1. The summed E-state index contributed by atoms with van der Waals surface area (Å²) in [6.07, 6.45) is 4.37. The normalized spacial score (nSPS) is 17.9. The number of aromatic nitrogens is 1. The quantitative estimate of drug-likeness (QED) is 0.550. The van der Waals surface area contributed by atoms with Crippen LogP contribution in [-0.4, -0.2) is 47.1 Å². The van der Waals surface area contributed by atoms with Gasteiger partial charge in [0.15, 0.2) is 5.78 Å². The minimum Gasteiger partial charge on any atom is -0.354 e. The summed E-state index contributed by atoms with van der Waals surface area (Å²) in [5.41, 5.74) is 5.62. The van der Waals surface area contributed by atoms with E-state index in [1.807, 2.05) is 19.1 Å². The molecule has 4 rings (SSSR count). The largest absolute Gasteiger partial charge is 0.354 e. The molecule has 0 saturated carbocycles. The van der Waals surface area contributed by atoms with Crippen LogP contribution in [0.25, 0.3) is 0 Å². The minimum absolute atomic E-state index is 0.0730. The molecule has 0 saturated heterocycles. The van der Waals surface area contributed by atoms with Crippen molar-refractivity contribution in [2.75, 3.05) is 18.9 Å². The zero-order chi connectivity index (χ0) is 25.3. The number of anilines is 1. The van der Waals surface area contributed by atoms with Crippen LogP contribution in [0.3, 0.4) is 0 Å². The van der Waals surface area contributed by atoms with Gasteiger partial charge in [0, 0.05) is 36.5 Å². The third-order valence-electron chi connectivity index (χ3n) is 7.31. The first-order valence-electron chi connectivity index (χ1n) is 12.8. The smallest absolute Gasteiger partial charge is 0.268 e. The van der Waals surface area contributed by atoms with Crippen molar-refractivity contribution >= 4 is 23.3 Å². The van der Waals surface area contributed by atoms with Crippen molar-refractivity contribution in [3.63, 3.8) is 0 Å². The highest BCUT2D eigenvalue weighted by Crippen LogP contribution is 2.36. The molecule has 2 aromatic rings. The predicted molar refractivity (Wildman–Crippen MR) is 138 cm³/mol. The fourth-order valence-electron chi connectivity index (χ4n) is 5.45. The van der Waals surface area contributed by atoms with Crippen molar-refractivity contribution in [2.45, 2.75) is 78.8 Å². The van der Waals surface area contributed by atoms with Crippen LogP contribution in [0.5, 0.6) is 0 Å². The molecular formula is C28H38N4O3. The highest BCUT2D eigenvalue weighted by molar-refractivity contribution is 6.06. The van der Waals surface area contributed by atoms with Crippen LogP contribution in [0.1, 0.15) is 89.7 Å². The number of ketones is 1. The van der Waals surface area contributed by atoms with E-state index in [1.165, 1.54) is 11.1 Å². The number of carbonyl (C=O) groups excluding carboxylic acids is 3. The van der Waals surface area contributed by atoms with Gasteiger partial charge in [-0.1, -0.05) is 45.7 Å². The number of nitrogens with zero attached hydrogens (tertiary/aromatic N) is 1. The molecule has 1 aromatic carbocycles. The van der Waals surface area contributed by atoms with Gasteiger partial charge in [0.25, 0.3) is 5.91 Å². The Morgan fingerprint density at radius 1 is 1.23 bits per heavy atom. The molecule has 0 fully saturated rings. The number of nitrogens with one attached hydrogen (secondary N) is 3. The van der Waals surface area contributed by atoms with Crippen LogP contribution in [0.2, 0.25) is 0 Å².